The van der Waals surface area contributed by atoms with E-state index < -0.39 is 0 Å². The molecule has 0 aliphatic rings. The summed E-state index contributed by atoms with van der Waals surface area (Å²) in [6.45, 7) is 3.97. The SMILES string of the molecule is CC(C)C(Br)C(=O)n1nnc2ccccc21. The highest BCUT2D eigenvalue weighted by atomic mass is 79.9. The van der Waals surface area contributed by atoms with E-state index in [1.807, 2.05) is 38.1 Å². The zero-order valence-electron chi connectivity index (χ0n) is 9.09. The van der Waals surface area contributed by atoms with Crippen LogP contribution in [0.1, 0.15) is 18.6 Å². The number of nitrogens with zero attached hydrogens (tertiary/aromatic N) is 3. The minimum atomic E-state index is -0.238. The largest absolute Gasteiger partial charge is 0.271 e. The van der Waals surface area contributed by atoms with Crippen LogP contribution in [-0.2, 0) is 0 Å². The van der Waals surface area contributed by atoms with E-state index in [4.69, 9.17) is 0 Å². The van der Waals surface area contributed by atoms with Crippen LogP contribution in [0.25, 0.3) is 11.0 Å². The van der Waals surface area contributed by atoms with Crippen LogP contribution in [-0.4, -0.2) is 25.7 Å². The molecule has 0 amide bonds. The highest BCUT2D eigenvalue weighted by Crippen LogP contribution is 2.17. The highest BCUT2D eigenvalue weighted by molar-refractivity contribution is 9.10. The summed E-state index contributed by atoms with van der Waals surface area (Å²) < 4.78 is 1.36. The van der Waals surface area contributed by atoms with Gasteiger partial charge in [0.15, 0.2) is 0 Å². The van der Waals surface area contributed by atoms with Crippen LogP contribution in [0.5, 0.6) is 0 Å². The Balaban J connectivity index is 2.44. The van der Waals surface area contributed by atoms with Gasteiger partial charge in [-0.25, -0.2) is 0 Å². The Morgan fingerprint density at radius 2 is 2.06 bits per heavy atom. The first-order chi connectivity index (χ1) is 7.61. The average molecular weight is 282 g/mol. The Bertz CT molecular complexity index is 521. The lowest BCUT2D eigenvalue weighted by Gasteiger charge is -2.11. The van der Waals surface area contributed by atoms with E-state index in [2.05, 4.69) is 26.2 Å². The van der Waals surface area contributed by atoms with Crippen LogP contribution < -0.4 is 0 Å². The summed E-state index contributed by atoms with van der Waals surface area (Å²) in [7, 11) is 0. The summed E-state index contributed by atoms with van der Waals surface area (Å²) in [5.41, 5.74) is 1.48. The van der Waals surface area contributed by atoms with Gasteiger partial charge >= 0.3 is 0 Å². The van der Waals surface area contributed by atoms with Crippen LogP contribution >= 0.6 is 15.9 Å². The van der Waals surface area contributed by atoms with Crippen molar-refractivity contribution in [2.45, 2.75) is 18.7 Å². The summed E-state index contributed by atoms with van der Waals surface area (Å²) in [6.07, 6.45) is 0. The molecule has 2 rings (SSSR count). The Kier molecular flexibility index (Phi) is 3.05. The van der Waals surface area contributed by atoms with E-state index in [0.717, 1.165) is 11.0 Å². The molecule has 0 fully saturated rings. The molecule has 0 aliphatic heterocycles. The molecule has 0 saturated heterocycles. The molecule has 1 aromatic heterocycles. The van der Waals surface area contributed by atoms with E-state index in [1.165, 1.54) is 4.68 Å². The van der Waals surface area contributed by atoms with Crippen LogP contribution in [0.2, 0.25) is 0 Å². The average Bonchev–Trinajstić information content (AvgIpc) is 2.70. The summed E-state index contributed by atoms with van der Waals surface area (Å²) in [6, 6.07) is 7.42. The van der Waals surface area contributed by atoms with Gasteiger partial charge in [-0.2, -0.15) is 4.68 Å². The van der Waals surface area contributed by atoms with Gasteiger partial charge in [-0.15, -0.1) is 5.10 Å². The standard InChI is InChI=1S/C11H12BrN3O/c1-7(2)10(12)11(16)15-9-6-4-3-5-8(9)13-14-15/h3-7,10H,1-2H3. The second kappa shape index (κ2) is 4.33. The fourth-order valence-electron chi connectivity index (χ4n) is 1.43. The minimum Gasteiger partial charge on any atom is -0.271 e. The lowest BCUT2D eigenvalue weighted by molar-refractivity contribution is 0.0885. The second-order valence-corrected chi connectivity index (χ2v) is 4.96. The first-order valence-electron chi connectivity index (χ1n) is 5.10. The van der Waals surface area contributed by atoms with Gasteiger partial charge in [0.2, 0.25) is 0 Å². The van der Waals surface area contributed by atoms with Crippen molar-refractivity contribution in [3.63, 3.8) is 0 Å². The van der Waals surface area contributed by atoms with Crippen LogP contribution in [0.15, 0.2) is 24.3 Å². The molecule has 1 unspecified atom stereocenters. The number of carbonyl (C=O) groups is 1. The molecule has 5 heteroatoms. The summed E-state index contributed by atoms with van der Waals surface area (Å²) in [5.74, 6) is 0.138. The van der Waals surface area contributed by atoms with Crippen LogP contribution in [0, 0.1) is 5.92 Å². The summed E-state index contributed by atoms with van der Waals surface area (Å²) in [5, 5.41) is 7.84. The third-order valence-corrected chi connectivity index (χ3v) is 3.83. The number of aromatic nitrogens is 3. The van der Waals surface area contributed by atoms with E-state index in [9.17, 15) is 4.79 Å². The number of para-hydroxylation sites is 1. The first kappa shape index (κ1) is 11.3. The predicted octanol–water partition coefficient (Wildman–Crippen LogP) is 2.49. The molecule has 4 nitrogen and oxygen atoms in total. The van der Waals surface area contributed by atoms with E-state index in [0.29, 0.717) is 0 Å². The van der Waals surface area contributed by atoms with Crippen molar-refractivity contribution < 1.29 is 4.79 Å². The minimum absolute atomic E-state index is 0.0799. The number of hydrogen-bond donors (Lipinski definition) is 0. The summed E-state index contributed by atoms with van der Waals surface area (Å²) in [4.78, 5) is 11.8. The van der Waals surface area contributed by atoms with Gasteiger partial charge in [0, 0.05) is 0 Å². The monoisotopic (exact) mass is 281 g/mol. The number of alkyl halides is 1. The number of rotatable bonds is 2. The molecule has 84 valence electrons. The Morgan fingerprint density at radius 3 is 2.75 bits per heavy atom. The topological polar surface area (TPSA) is 47.8 Å². The van der Waals surface area contributed by atoms with Crippen molar-refractivity contribution in [1.29, 1.82) is 0 Å². The third-order valence-electron chi connectivity index (χ3n) is 2.38. The van der Waals surface area contributed by atoms with Crippen molar-refractivity contribution in [1.82, 2.24) is 15.0 Å². The highest BCUT2D eigenvalue weighted by Gasteiger charge is 2.22. The van der Waals surface area contributed by atoms with E-state index >= 15 is 0 Å². The maximum absolute atomic E-state index is 12.1. The second-order valence-electron chi connectivity index (χ2n) is 3.97. The smallest absolute Gasteiger partial charge is 0.262 e. The van der Waals surface area contributed by atoms with Gasteiger partial charge in [0.25, 0.3) is 5.91 Å². The molecule has 0 N–H and O–H groups in total. The maximum Gasteiger partial charge on any atom is 0.262 e. The van der Waals surface area contributed by atoms with Crippen LogP contribution in [0.4, 0.5) is 0 Å². The molecule has 1 aromatic carbocycles. The van der Waals surface area contributed by atoms with E-state index in [-0.39, 0.29) is 16.7 Å². The normalized spacial score (nSPS) is 13.2. The first-order valence-corrected chi connectivity index (χ1v) is 6.01. The predicted molar refractivity (Wildman–Crippen MR) is 65.7 cm³/mol. The van der Waals surface area contributed by atoms with Gasteiger partial charge < -0.3 is 0 Å². The molecule has 0 bridgehead atoms. The lowest BCUT2D eigenvalue weighted by Crippen LogP contribution is -2.27. The Morgan fingerprint density at radius 1 is 1.38 bits per heavy atom. The lowest BCUT2D eigenvalue weighted by atomic mass is 10.1. The molecular weight excluding hydrogens is 270 g/mol. The quantitative estimate of drug-likeness (QED) is 0.795. The van der Waals surface area contributed by atoms with Crippen LogP contribution in [0.3, 0.4) is 0 Å². The van der Waals surface area contributed by atoms with E-state index in [1.54, 1.807) is 0 Å². The van der Waals surface area contributed by atoms with Gasteiger partial charge in [-0.1, -0.05) is 47.1 Å². The Labute approximate surface area is 102 Å². The zero-order chi connectivity index (χ0) is 11.7. The third kappa shape index (κ3) is 1.87. The number of hydrogen-bond acceptors (Lipinski definition) is 3. The maximum atomic E-state index is 12.1. The number of carbonyl (C=O) groups excluding carboxylic acids is 1. The van der Waals surface area contributed by atoms with Gasteiger partial charge in [-0.3, -0.25) is 4.79 Å². The molecule has 0 radical (unpaired) electrons. The van der Waals surface area contributed by atoms with Crippen molar-refractivity contribution >= 4 is 32.9 Å². The zero-order valence-corrected chi connectivity index (χ0v) is 10.7. The molecule has 16 heavy (non-hydrogen) atoms. The van der Waals surface area contributed by atoms with Crippen molar-refractivity contribution in [2.24, 2.45) is 5.92 Å². The molecule has 1 atom stereocenters. The number of benzene rings is 1. The molecule has 2 aromatic rings. The molecule has 0 saturated carbocycles. The molecule has 0 aliphatic carbocycles. The summed E-state index contributed by atoms with van der Waals surface area (Å²) >= 11 is 3.38. The van der Waals surface area contributed by atoms with Gasteiger partial charge in [0.05, 0.1) is 10.3 Å². The fraction of sp³-hybridized carbons (Fsp3) is 0.364. The molecule has 0 spiro atoms. The fourth-order valence-corrected chi connectivity index (χ4v) is 1.63. The van der Waals surface area contributed by atoms with Crippen molar-refractivity contribution in [2.75, 3.05) is 0 Å². The van der Waals surface area contributed by atoms with Crippen molar-refractivity contribution in [3.05, 3.63) is 24.3 Å². The van der Waals surface area contributed by atoms with Gasteiger partial charge in [0.1, 0.15) is 5.52 Å². The molecular formula is C11H12BrN3O. The van der Waals surface area contributed by atoms with Gasteiger partial charge in [-0.05, 0) is 18.1 Å². The molecule has 1 heterocycles. The number of halogens is 1. The Hall–Kier alpha value is -1.23. The number of fused-ring (bicyclic) bond motifs is 1. The van der Waals surface area contributed by atoms with Crippen molar-refractivity contribution in [3.8, 4) is 0 Å².